The van der Waals surface area contributed by atoms with Crippen LogP contribution in [0.1, 0.15) is 6.42 Å². The molecule has 0 saturated heterocycles. The number of nitrogens with zero attached hydrogens (tertiary/aromatic N) is 2. The molecule has 2 heterocycles. The van der Waals surface area contributed by atoms with Gasteiger partial charge in [0.2, 0.25) is 0 Å². The summed E-state index contributed by atoms with van der Waals surface area (Å²) in [5.74, 6) is 1.62. The number of methoxy groups -OCH3 is 2. The van der Waals surface area contributed by atoms with Crippen LogP contribution in [0.25, 0.3) is 44.3 Å². The predicted octanol–water partition coefficient (Wildman–Crippen LogP) is 8.47. The third kappa shape index (κ3) is 6.24. The van der Waals surface area contributed by atoms with Crippen molar-refractivity contribution in [3.63, 3.8) is 0 Å². The second kappa shape index (κ2) is 13.2. The highest BCUT2D eigenvalue weighted by Gasteiger charge is 2.11. The number of hydrogen-bond donors (Lipinski definition) is 2. The van der Waals surface area contributed by atoms with Crippen LogP contribution < -0.4 is 20.1 Å². The zero-order valence-corrected chi connectivity index (χ0v) is 24.4. The molecule has 0 fully saturated rings. The third-order valence-corrected chi connectivity index (χ3v) is 7.16. The largest absolute Gasteiger partial charge is 0.497 e. The maximum Gasteiger partial charge on any atom is 0.119 e. The fourth-order valence-electron chi connectivity index (χ4n) is 5.00. The average Bonchev–Trinajstić information content (AvgIpc) is 3.04. The topological polar surface area (TPSA) is 68.3 Å². The van der Waals surface area contributed by atoms with E-state index in [1.807, 2.05) is 72.8 Å². The van der Waals surface area contributed by atoms with E-state index >= 15 is 0 Å². The van der Waals surface area contributed by atoms with Crippen LogP contribution in [0, 0.1) is 0 Å². The molecule has 0 unspecified atom stereocenters. The lowest BCUT2D eigenvalue weighted by molar-refractivity contribution is 0.415. The molecule has 4 aromatic carbocycles. The number of pyridine rings is 2. The summed E-state index contributed by atoms with van der Waals surface area (Å²) in [4.78, 5) is 9.84. The smallest absolute Gasteiger partial charge is 0.119 e. The summed E-state index contributed by atoms with van der Waals surface area (Å²) in [6, 6.07) is 36.8. The first kappa shape index (κ1) is 28.7. The second-order valence-electron chi connectivity index (χ2n) is 9.82. The first-order valence-electron chi connectivity index (χ1n) is 13.8. The van der Waals surface area contributed by atoms with E-state index in [0.717, 1.165) is 86.7 Å². The lowest BCUT2D eigenvalue weighted by atomic mass is 10.1. The molecule has 42 heavy (non-hydrogen) atoms. The Hall–Kier alpha value is -4.81. The number of halogens is 1. The number of benzene rings is 4. The van der Waals surface area contributed by atoms with Crippen molar-refractivity contribution in [2.24, 2.45) is 0 Å². The van der Waals surface area contributed by atoms with E-state index in [1.165, 1.54) is 0 Å². The zero-order chi connectivity index (χ0) is 28.0. The number of nitrogens with one attached hydrogen (secondary N) is 2. The summed E-state index contributed by atoms with van der Waals surface area (Å²) in [7, 11) is 3.38. The van der Waals surface area contributed by atoms with E-state index in [0.29, 0.717) is 0 Å². The molecule has 2 aromatic heterocycles. The van der Waals surface area contributed by atoms with Crippen molar-refractivity contribution in [2.75, 3.05) is 37.9 Å². The van der Waals surface area contributed by atoms with Crippen LogP contribution in [0.3, 0.4) is 0 Å². The minimum absolute atomic E-state index is 0. The molecule has 0 aliphatic rings. The SMILES string of the molecule is COc1ccc2nc(-c3ccccc3)cc(NCCCNc3cc(-c4ccccc4)nc4ccc(OC)cc34)c2c1.Cl. The van der Waals surface area contributed by atoms with E-state index in [-0.39, 0.29) is 12.4 Å². The highest BCUT2D eigenvalue weighted by Crippen LogP contribution is 2.32. The van der Waals surface area contributed by atoms with Crippen LogP contribution in [0.2, 0.25) is 0 Å². The van der Waals surface area contributed by atoms with Crippen LogP contribution in [-0.2, 0) is 0 Å². The Morgan fingerprint density at radius 1 is 0.548 bits per heavy atom. The van der Waals surface area contributed by atoms with Gasteiger partial charge in [-0.2, -0.15) is 0 Å². The second-order valence-corrected chi connectivity index (χ2v) is 9.82. The molecule has 6 rings (SSSR count). The Kier molecular flexibility index (Phi) is 9.05. The van der Waals surface area contributed by atoms with Crippen molar-refractivity contribution >= 4 is 45.6 Å². The van der Waals surface area contributed by atoms with Gasteiger partial charge in [-0.05, 0) is 55.0 Å². The van der Waals surface area contributed by atoms with Gasteiger partial charge < -0.3 is 20.1 Å². The Bertz CT molecular complexity index is 1660. The van der Waals surface area contributed by atoms with Crippen LogP contribution in [0.4, 0.5) is 11.4 Å². The van der Waals surface area contributed by atoms with Crippen LogP contribution in [0.5, 0.6) is 11.5 Å². The normalized spacial score (nSPS) is 10.7. The summed E-state index contributed by atoms with van der Waals surface area (Å²) in [6.45, 7) is 1.57. The molecule has 0 spiro atoms. The fourth-order valence-corrected chi connectivity index (χ4v) is 5.00. The van der Waals surface area contributed by atoms with Crippen molar-refractivity contribution in [2.45, 2.75) is 6.42 Å². The van der Waals surface area contributed by atoms with Crippen LogP contribution in [0.15, 0.2) is 109 Å². The molecule has 0 atom stereocenters. The summed E-state index contributed by atoms with van der Waals surface area (Å²) < 4.78 is 11.0. The minimum atomic E-state index is 0. The van der Waals surface area contributed by atoms with E-state index in [2.05, 4.69) is 47.0 Å². The van der Waals surface area contributed by atoms with Gasteiger partial charge in [0.1, 0.15) is 11.5 Å². The summed E-state index contributed by atoms with van der Waals surface area (Å²) in [5, 5.41) is 9.40. The van der Waals surface area contributed by atoms with Gasteiger partial charge in [0.25, 0.3) is 0 Å². The number of anilines is 2. The summed E-state index contributed by atoms with van der Waals surface area (Å²) in [6.07, 6.45) is 0.906. The molecular weight excluding hydrogens is 544 g/mol. The van der Waals surface area contributed by atoms with Crippen molar-refractivity contribution in [3.05, 3.63) is 109 Å². The highest BCUT2D eigenvalue weighted by atomic mass is 35.5. The number of rotatable bonds is 10. The third-order valence-electron chi connectivity index (χ3n) is 7.16. The van der Waals surface area contributed by atoms with Crippen molar-refractivity contribution in [3.8, 4) is 34.0 Å². The van der Waals surface area contributed by atoms with E-state index in [9.17, 15) is 0 Å². The molecule has 6 aromatic rings. The van der Waals surface area contributed by atoms with Gasteiger partial charge >= 0.3 is 0 Å². The van der Waals surface area contributed by atoms with Gasteiger partial charge in [-0.25, -0.2) is 9.97 Å². The molecule has 212 valence electrons. The van der Waals surface area contributed by atoms with Gasteiger partial charge in [-0.1, -0.05) is 60.7 Å². The number of fused-ring (bicyclic) bond motifs is 2. The van der Waals surface area contributed by atoms with E-state index in [1.54, 1.807) is 14.2 Å². The number of hydrogen-bond acceptors (Lipinski definition) is 6. The van der Waals surface area contributed by atoms with Gasteiger partial charge in [0, 0.05) is 46.4 Å². The lowest BCUT2D eigenvalue weighted by Crippen LogP contribution is -2.10. The van der Waals surface area contributed by atoms with Gasteiger partial charge in [-0.3, -0.25) is 0 Å². The molecule has 2 N–H and O–H groups in total. The van der Waals surface area contributed by atoms with Crippen LogP contribution in [-0.4, -0.2) is 37.3 Å². The molecule has 0 radical (unpaired) electrons. The Balaban J connectivity index is 0.00000353. The Morgan fingerprint density at radius 2 is 0.976 bits per heavy atom. The molecule has 7 heteroatoms. The molecule has 6 nitrogen and oxygen atoms in total. The fraction of sp³-hybridized carbons (Fsp3) is 0.143. The number of ether oxygens (including phenoxy) is 2. The zero-order valence-electron chi connectivity index (χ0n) is 23.6. The first-order chi connectivity index (χ1) is 20.2. The van der Waals surface area contributed by atoms with Gasteiger partial charge in [-0.15, -0.1) is 12.4 Å². The molecule has 0 aliphatic carbocycles. The Morgan fingerprint density at radius 3 is 1.38 bits per heavy atom. The van der Waals surface area contributed by atoms with Crippen LogP contribution >= 0.6 is 12.4 Å². The summed E-state index contributed by atoms with van der Waals surface area (Å²) in [5.41, 5.74) is 7.99. The summed E-state index contributed by atoms with van der Waals surface area (Å²) >= 11 is 0. The van der Waals surface area contributed by atoms with Gasteiger partial charge in [0.05, 0.1) is 36.6 Å². The predicted molar refractivity (Wildman–Crippen MR) is 176 cm³/mol. The molecule has 0 amide bonds. The maximum absolute atomic E-state index is 5.50. The van der Waals surface area contributed by atoms with E-state index in [4.69, 9.17) is 19.4 Å². The maximum atomic E-state index is 5.50. The van der Waals surface area contributed by atoms with E-state index < -0.39 is 0 Å². The molecular formula is C35H33ClN4O2. The quantitative estimate of drug-likeness (QED) is 0.159. The van der Waals surface area contributed by atoms with Crippen molar-refractivity contribution < 1.29 is 9.47 Å². The monoisotopic (exact) mass is 576 g/mol. The highest BCUT2D eigenvalue weighted by molar-refractivity contribution is 5.96. The Labute approximate surface area is 252 Å². The van der Waals surface area contributed by atoms with Gasteiger partial charge in [0.15, 0.2) is 0 Å². The first-order valence-corrected chi connectivity index (χ1v) is 13.8. The molecule has 0 saturated carbocycles. The molecule has 0 aliphatic heterocycles. The van der Waals surface area contributed by atoms with Crippen molar-refractivity contribution in [1.82, 2.24) is 9.97 Å². The molecule has 0 bridgehead atoms. The average molecular weight is 577 g/mol. The minimum Gasteiger partial charge on any atom is -0.497 e. The standard InChI is InChI=1S/C35H32N4O2.ClH/c1-40-26-14-16-30-28(20-26)34(22-32(38-30)24-10-5-3-6-11-24)36-18-9-19-37-35-23-33(25-12-7-4-8-13-25)39-31-17-15-27(41-2)21-29(31)35;/h3-8,10-17,20-23H,9,18-19H2,1-2H3,(H,36,38)(H,37,39);1H. The van der Waals surface area contributed by atoms with Crippen molar-refractivity contribution in [1.29, 1.82) is 0 Å². The lowest BCUT2D eigenvalue weighted by Gasteiger charge is -2.15. The number of aromatic nitrogens is 2.